The Bertz CT molecular complexity index is 1340. The molecule has 2 fully saturated rings. The number of hydrogen-bond donors (Lipinski definition) is 0. The van der Waals surface area contributed by atoms with Gasteiger partial charge in [0.15, 0.2) is 0 Å². The summed E-state index contributed by atoms with van der Waals surface area (Å²) in [4.78, 5) is 54.2. The fourth-order valence-electron chi connectivity index (χ4n) is 5.21. The molecule has 0 unspecified atom stereocenters. The lowest BCUT2D eigenvalue weighted by Crippen LogP contribution is -2.31. The molecule has 186 valence electrons. The third kappa shape index (κ3) is 4.31. The molecule has 7 nitrogen and oxygen atoms in total. The molecule has 0 N–H and O–H groups in total. The second-order valence-corrected chi connectivity index (χ2v) is 10.4. The van der Waals surface area contributed by atoms with Crippen molar-refractivity contribution in [2.24, 2.45) is 17.8 Å². The molecule has 0 radical (unpaired) electrons. The van der Waals surface area contributed by atoms with Crippen LogP contribution in [0.1, 0.15) is 31.7 Å². The van der Waals surface area contributed by atoms with Crippen molar-refractivity contribution in [3.63, 3.8) is 0 Å². The first-order valence-corrected chi connectivity index (χ1v) is 12.5. The molecule has 0 aromatic heterocycles. The van der Waals surface area contributed by atoms with Gasteiger partial charge in [-0.2, -0.15) is 0 Å². The zero-order chi connectivity index (χ0) is 25.7. The van der Waals surface area contributed by atoms with Crippen molar-refractivity contribution in [2.45, 2.75) is 33.1 Å². The molecule has 0 spiro atoms. The van der Waals surface area contributed by atoms with E-state index >= 15 is 0 Å². The SMILES string of the molecule is CC1=CC[C@@H]2C(=O)N(c3ccc(OC(=O)[C@@H]4CC(=O)N(c5cc(Cl)ccc5Cl)C4)cc3C)C(=O)[C@@H]2C1. The third-order valence-electron chi connectivity index (χ3n) is 7.11. The van der Waals surface area contributed by atoms with Gasteiger partial charge in [-0.15, -0.1) is 0 Å². The highest BCUT2D eigenvalue weighted by atomic mass is 35.5. The summed E-state index contributed by atoms with van der Waals surface area (Å²) < 4.78 is 5.57. The van der Waals surface area contributed by atoms with Crippen LogP contribution in [0.2, 0.25) is 10.0 Å². The average Bonchev–Trinajstić information content (AvgIpc) is 3.33. The van der Waals surface area contributed by atoms with Gasteiger partial charge in [0.05, 0.1) is 34.2 Å². The molecule has 9 heteroatoms. The van der Waals surface area contributed by atoms with Crippen LogP contribution >= 0.6 is 23.2 Å². The molecule has 3 amide bonds. The Balaban J connectivity index is 1.29. The molecule has 0 saturated carbocycles. The highest BCUT2D eigenvalue weighted by molar-refractivity contribution is 6.36. The number of rotatable bonds is 4. The van der Waals surface area contributed by atoms with Gasteiger partial charge >= 0.3 is 5.97 Å². The molecule has 5 rings (SSSR count). The van der Waals surface area contributed by atoms with Crippen molar-refractivity contribution in [2.75, 3.05) is 16.3 Å². The number of ether oxygens (including phenoxy) is 1. The van der Waals surface area contributed by atoms with Gasteiger partial charge in [0.1, 0.15) is 5.75 Å². The van der Waals surface area contributed by atoms with Crippen LogP contribution in [0.25, 0.3) is 0 Å². The number of hydrogen-bond acceptors (Lipinski definition) is 5. The molecule has 36 heavy (non-hydrogen) atoms. The number of benzene rings is 2. The Morgan fingerprint density at radius 3 is 2.44 bits per heavy atom. The van der Waals surface area contributed by atoms with Gasteiger partial charge in [0.2, 0.25) is 17.7 Å². The number of carbonyl (C=O) groups excluding carboxylic acids is 4. The van der Waals surface area contributed by atoms with Crippen LogP contribution < -0.4 is 14.5 Å². The maximum absolute atomic E-state index is 13.0. The van der Waals surface area contributed by atoms with Crippen molar-refractivity contribution >= 4 is 58.3 Å². The molecule has 2 aromatic carbocycles. The molecular weight excluding hydrogens is 503 g/mol. The molecule has 3 atom stereocenters. The van der Waals surface area contributed by atoms with Gasteiger partial charge in [-0.05, 0) is 68.7 Å². The number of allylic oxidation sites excluding steroid dienone is 2. The molecule has 2 saturated heterocycles. The van der Waals surface area contributed by atoms with Crippen LogP contribution in [0.4, 0.5) is 11.4 Å². The lowest BCUT2D eigenvalue weighted by Gasteiger charge is -2.19. The quantitative estimate of drug-likeness (QED) is 0.239. The van der Waals surface area contributed by atoms with Crippen molar-refractivity contribution in [3.05, 3.63) is 63.7 Å². The van der Waals surface area contributed by atoms with Crippen molar-refractivity contribution < 1.29 is 23.9 Å². The number of carbonyl (C=O) groups is 4. The van der Waals surface area contributed by atoms with Gasteiger partial charge in [-0.1, -0.05) is 34.9 Å². The molecule has 2 heterocycles. The third-order valence-corrected chi connectivity index (χ3v) is 7.66. The standard InChI is InChI=1S/C27H24Cl2N2O5/c1-14-3-6-19-20(9-14)26(34)31(25(19)33)22-8-5-18(10-15(22)2)36-27(35)16-11-24(32)30(13-16)23-12-17(28)4-7-21(23)29/h3-5,7-8,10,12,16,19-20H,6,9,11,13H2,1-2H3/t16-,19+,20-/m1/s1. The maximum atomic E-state index is 13.0. The maximum Gasteiger partial charge on any atom is 0.316 e. The van der Waals surface area contributed by atoms with E-state index in [9.17, 15) is 19.2 Å². The Morgan fingerprint density at radius 2 is 1.69 bits per heavy atom. The number of imide groups is 1. The van der Waals surface area contributed by atoms with Crippen LogP contribution in [0.15, 0.2) is 48.0 Å². The summed E-state index contributed by atoms with van der Waals surface area (Å²) >= 11 is 12.3. The van der Waals surface area contributed by atoms with Crippen LogP contribution in [-0.4, -0.2) is 30.2 Å². The van der Waals surface area contributed by atoms with Gasteiger partial charge in [-0.3, -0.25) is 19.2 Å². The Kier molecular flexibility index (Phi) is 6.39. The van der Waals surface area contributed by atoms with Crippen LogP contribution in [-0.2, 0) is 19.2 Å². The first-order valence-electron chi connectivity index (χ1n) is 11.7. The molecule has 2 aromatic rings. The minimum Gasteiger partial charge on any atom is -0.426 e. The number of fused-ring (bicyclic) bond motifs is 1. The minimum absolute atomic E-state index is 0.00818. The number of aryl methyl sites for hydroxylation is 1. The van der Waals surface area contributed by atoms with Crippen molar-refractivity contribution in [3.8, 4) is 5.75 Å². The number of nitrogens with zero attached hydrogens (tertiary/aromatic N) is 2. The molecule has 3 aliphatic rings. The summed E-state index contributed by atoms with van der Waals surface area (Å²) in [5, 5.41) is 0.800. The monoisotopic (exact) mass is 526 g/mol. The van der Waals surface area contributed by atoms with Crippen LogP contribution in [0.3, 0.4) is 0 Å². The lowest BCUT2D eigenvalue weighted by molar-refractivity contribution is -0.139. The molecule has 1 aliphatic carbocycles. The first-order chi connectivity index (χ1) is 17.1. The first kappa shape index (κ1) is 24.5. The molecule has 2 aliphatic heterocycles. The number of anilines is 2. The second-order valence-electron chi connectivity index (χ2n) is 9.59. The van der Waals surface area contributed by atoms with Crippen molar-refractivity contribution in [1.29, 1.82) is 0 Å². The average molecular weight is 527 g/mol. The van der Waals surface area contributed by atoms with E-state index in [1.807, 2.05) is 13.0 Å². The van der Waals surface area contributed by atoms with Gasteiger partial charge in [0, 0.05) is 18.0 Å². The fourth-order valence-corrected chi connectivity index (χ4v) is 5.59. The highest BCUT2D eigenvalue weighted by Gasteiger charge is 2.49. The lowest BCUT2D eigenvalue weighted by atomic mass is 9.82. The summed E-state index contributed by atoms with van der Waals surface area (Å²) in [6.07, 6.45) is 3.19. The van der Waals surface area contributed by atoms with E-state index < -0.39 is 11.9 Å². The van der Waals surface area contributed by atoms with Gasteiger partial charge in [0.25, 0.3) is 0 Å². The van der Waals surface area contributed by atoms with Gasteiger partial charge < -0.3 is 9.64 Å². The second kappa shape index (κ2) is 9.37. The molecule has 0 bridgehead atoms. The van der Waals surface area contributed by atoms with E-state index in [2.05, 4.69) is 0 Å². The Morgan fingerprint density at radius 1 is 0.944 bits per heavy atom. The van der Waals surface area contributed by atoms with Gasteiger partial charge in [-0.25, -0.2) is 4.90 Å². The predicted octanol–water partition coefficient (Wildman–Crippen LogP) is 5.11. The highest BCUT2D eigenvalue weighted by Crippen LogP contribution is 2.41. The zero-order valence-electron chi connectivity index (χ0n) is 19.8. The summed E-state index contributed by atoms with van der Waals surface area (Å²) in [6.45, 7) is 3.87. The Labute approximate surface area is 218 Å². The van der Waals surface area contributed by atoms with Crippen molar-refractivity contribution in [1.82, 2.24) is 0 Å². The zero-order valence-corrected chi connectivity index (χ0v) is 21.3. The van der Waals surface area contributed by atoms with Crippen LogP contribution in [0, 0.1) is 24.7 Å². The predicted molar refractivity (Wildman–Crippen MR) is 136 cm³/mol. The van der Waals surface area contributed by atoms with E-state index in [-0.39, 0.29) is 48.3 Å². The van der Waals surface area contributed by atoms with E-state index in [4.69, 9.17) is 27.9 Å². The smallest absolute Gasteiger partial charge is 0.316 e. The topological polar surface area (TPSA) is 84.0 Å². The van der Waals surface area contributed by atoms with E-state index in [0.717, 1.165) is 5.57 Å². The van der Waals surface area contributed by atoms with E-state index in [1.54, 1.807) is 43.3 Å². The summed E-state index contributed by atoms with van der Waals surface area (Å²) in [5.41, 5.74) is 2.71. The van der Waals surface area contributed by atoms with E-state index in [1.165, 1.54) is 9.80 Å². The molecular formula is C27H24Cl2N2O5. The normalized spacial score (nSPS) is 23.7. The summed E-state index contributed by atoms with van der Waals surface area (Å²) in [7, 11) is 0. The summed E-state index contributed by atoms with van der Waals surface area (Å²) in [5.74, 6) is -2.21. The Hall–Kier alpha value is -3.16. The van der Waals surface area contributed by atoms with Crippen LogP contribution in [0.5, 0.6) is 5.75 Å². The fraction of sp³-hybridized carbons (Fsp3) is 0.333. The minimum atomic E-state index is -0.673. The number of amides is 3. The number of halogens is 2. The summed E-state index contributed by atoms with van der Waals surface area (Å²) in [6, 6.07) is 9.64. The number of esters is 1. The largest absolute Gasteiger partial charge is 0.426 e. The van der Waals surface area contributed by atoms with E-state index in [0.29, 0.717) is 39.8 Å².